The van der Waals surface area contributed by atoms with Crippen molar-refractivity contribution >= 4 is 37.9 Å². The van der Waals surface area contributed by atoms with Crippen molar-refractivity contribution in [1.29, 1.82) is 0 Å². The third-order valence-electron chi connectivity index (χ3n) is 3.03. The molecule has 0 radical (unpaired) electrons. The van der Waals surface area contributed by atoms with Crippen LogP contribution in [-0.4, -0.2) is 19.1 Å². The van der Waals surface area contributed by atoms with Gasteiger partial charge in [-0.05, 0) is 30.2 Å². The molecule has 2 rings (SSSR count). The minimum Gasteiger partial charge on any atom is -0.387 e. The first-order chi connectivity index (χ1) is 9.73. The minimum atomic E-state index is 0.928. The summed E-state index contributed by atoms with van der Waals surface area (Å²) < 4.78 is 1.17. The molecule has 0 saturated carbocycles. The molecule has 0 atom stereocenters. The number of hydrogen-bond acceptors (Lipinski definition) is 4. The lowest BCUT2D eigenvalue weighted by Gasteiger charge is -2.07. The fourth-order valence-corrected chi connectivity index (χ4v) is 2.94. The van der Waals surface area contributed by atoms with Crippen LogP contribution in [-0.2, 0) is 0 Å². The quantitative estimate of drug-likeness (QED) is 0.793. The number of nitrogens with one attached hydrogen (secondary N) is 2. The predicted octanol–water partition coefficient (Wildman–Crippen LogP) is 4.53. The highest BCUT2D eigenvalue weighted by Gasteiger charge is 2.10. The Bertz CT molecular complexity index is 680. The van der Waals surface area contributed by atoms with E-state index in [0.29, 0.717) is 0 Å². The minimum absolute atomic E-state index is 0.928. The number of hydrogen-bond donors (Lipinski definition) is 2. The number of benzene rings is 1. The summed E-state index contributed by atoms with van der Waals surface area (Å²) in [6, 6.07) is 4.28. The Balaban J connectivity index is 2.60. The maximum Gasteiger partial charge on any atom is 0.183 e. The molecule has 4 heteroatoms. The zero-order valence-electron chi connectivity index (χ0n) is 12.0. The van der Waals surface area contributed by atoms with Crippen molar-refractivity contribution in [3.63, 3.8) is 0 Å². The molecular weight excluding hydrogens is 266 g/mol. The van der Waals surface area contributed by atoms with Crippen LogP contribution in [0.5, 0.6) is 0 Å². The van der Waals surface area contributed by atoms with Gasteiger partial charge in [-0.25, -0.2) is 4.98 Å². The Morgan fingerprint density at radius 1 is 1.30 bits per heavy atom. The second kappa shape index (κ2) is 6.39. The van der Waals surface area contributed by atoms with Crippen LogP contribution in [0, 0.1) is 0 Å². The van der Waals surface area contributed by atoms with Crippen LogP contribution < -0.4 is 10.6 Å². The molecule has 0 fully saturated rings. The Labute approximate surface area is 123 Å². The molecule has 3 nitrogen and oxygen atoms in total. The van der Waals surface area contributed by atoms with E-state index in [0.717, 1.165) is 27.5 Å². The molecule has 0 aliphatic heterocycles. The van der Waals surface area contributed by atoms with Crippen LogP contribution in [0.3, 0.4) is 0 Å². The Hall–Kier alpha value is -2.07. The molecule has 0 amide bonds. The molecule has 1 aromatic heterocycles. The monoisotopic (exact) mass is 285 g/mol. The van der Waals surface area contributed by atoms with Crippen LogP contribution >= 0.6 is 11.3 Å². The Kier molecular flexibility index (Phi) is 4.58. The van der Waals surface area contributed by atoms with Crippen LogP contribution in [0.15, 0.2) is 43.0 Å². The molecular formula is C16H19N3S. The van der Waals surface area contributed by atoms with Crippen molar-refractivity contribution in [1.82, 2.24) is 4.98 Å². The molecule has 0 aliphatic rings. The number of thiazole rings is 1. The van der Waals surface area contributed by atoms with Crippen LogP contribution in [0.1, 0.15) is 12.5 Å². The second-order valence-corrected chi connectivity index (χ2v) is 5.23. The van der Waals surface area contributed by atoms with Crippen molar-refractivity contribution in [3.8, 4) is 0 Å². The van der Waals surface area contributed by atoms with E-state index in [9.17, 15) is 0 Å². The van der Waals surface area contributed by atoms with Crippen molar-refractivity contribution in [2.75, 3.05) is 24.7 Å². The maximum atomic E-state index is 4.59. The summed E-state index contributed by atoms with van der Waals surface area (Å²) in [6.07, 6.45) is 7.87. The van der Waals surface area contributed by atoms with Gasteiger partial charge in [0, 0.05) is 14.1 Å². The summed E-state index contributed by atoms with van der Waals surface area (Å²) >= 11 is 1.66. The zero-order valence-corrected chi connectivity index (χ0v) is 12.8. The molecule has 2 aromatic rings. The predicted molar refractivity (Wildman–Crippen MR) is 91.7 cm³/mol. The van der Waals surface area contributed by atoms with Gasteiger partial charge in [-0.15, -0.1) is 0 Å². The van der Waals surface area contributed by atoms with Gasteiger partial charge in [0.25, 0.3) is 0 Å². The highest BCUT2D eigenvalue weighted by Crippen LogP contribution is 2.35. The fourth-order valence-electron chi connectivity index (χ4n) is 2.02. The van der Waals surface area contributed by atoms with Gasteiger partial charge in [0.05, 0.1) is 15.9 Å². The molecule has 0 bridgehead atoms. The van der Waals surface area contributed by atoms with Gasteiger partial charge in [-0.3, -0.25) is 0 Å². The van der Waals surface area contributed by atoms with E-state index in [4.69, 9.17) is 0 Å². The summed E-state index contributed by atoms with van der Waals surface area (Å²) in [5, 5.41) is 7.28. The summed E-state index contributed by atoms with van der Waals surface area (Å²) in [5.74, 6) is 0. The standard InChI is InChI=1S/C16H19N3S/c1-5-7-8-11(6-2)12-9-13(17-3)15-14(10-12)19-16(18-4)20-15/h5-10,17H,1H2,2-4H3,(H,18,19)/b8-7-,11-6+. The first-order valence-electron chi connectivity index (χ1n) is 6.49. The fraction of sp³-hybridized carbons (Fsp3) is 0.188. The van der Waals surface area contributed by atoms with Gasteiger partial charge < -0.3 is 10.6 Å². The molecule has 2 N–H and O–H groups in total. The number of anilines is 2. The van der Waals surface area contributed by atoms with Gasteiger partial charge in [-0.1, -0.05) is 42.2 Å². The third kappa shape index (κ3) is 2.75. The van der Waals surface area contributed by atoms with Crippen molar-refractivity contribution in [2.45, 2.75) is 6.92 Å². The maximum absolute atomic E-state index is 4.59. The lowest BCUT2D eigenvalue weighted by molar-refractivity contribution is 1.41. The molecule has 0 unspecified atom stereocenters. The van der Waals surface area contributed by atoms with Gasteiger partial charge in [0.15, 0.2) is 5.13 Å². The molecule has 0 saturated heterocycles. The van der Waals surface area contributed by atoms with Crippen LogP contribution in [0.4, 0.5) is 10.8 Å². The van der Waals surface area contributed by atoms with E-state index in [1.54, 1.807) is 17.4 Å². The summed E-state index contributed by atoms with van der Waals surface area (Å²) in [6.45, 7) is 5.75. The normalized spacial score (nSPS) is 12.1. The lowest BCUT2D eigenvalue weighted by atomic mass is 10.0. The molecule has 0 spiro atoms. The third-order valence-corrected chi connectivity index (χ3v) is 4.15. The van der Waals surface area contributed by atoms with Crippen molar-refractivity contribution < 1.29 is 0 Å². The Morgan fingerprint density at radius 3 is 2.70 bits per heavy atom. The van der Waals surface area contributed by atoms with Gasteiger partial charge in [0.2, 0.25) is 0 Å². The van der Waals surface area contributed by atoms with Gasteiger partial charge >= 0.3 is 0 Å². The smallest absolute Gasteiger partial charge is 0.183 e. The molecule has 20 heavy (non-hydrogen) atoms. The molecule has 0 aliphatic carbocycles. The zero-order chi connectivity index (χ0) is 14.5. The highest BCUT2D eigenvalue weighted by atomic mass is 32.1. The first kappa shape index (κ1) is 14.3. The largest absolute Gasteiger partial charge is 0.387 e. The highest BCUT2D eigenvalue weighted by molar-refractivity contribution is 7.22. The topological polar surface area (TPSA) is 37.0 Å². The van der Waals surface area contributed by atoms with Crippen molar-refractivity contribution in [2.24, 2.45) is 0 Å². The van der Waals surface area contributed by atoms with E-state index >= 15 is 0 Å². The Morgan fingerprint density at radius 2 is 2.10 bits per heavy atom. The van der Waals surface area contributed by atoms with Gasteiger partial charge in [0.1, 0.15) is 0 Å². The summed E-state index contributed by atoms with van der Waals surface area (Å²) in [4.78, 5) is 4.59. The SMILES string of the molecule is C=C/C=C\C(=C/C)c1cc(NC)c2sc(NC)nc2c1. The number of nitrogens with zero attached hydrogens (tertiary/aromatic N) is 1. The average molecular weight is 285 g/mol. The van der Waals surface area contributed by atoms with Gasteiger partial charge in [-0.2, -0.15) is 0 Å². The molecule has 1 aromatic carbocycles. The van der Waals surface area contributed by atoms with Crippen LogP contribution in [0.2, 0.25) is 0 Å². The second-order valence-electron chi connectivity index (χ2n) is 4.23. The van der Waals surface area contributed by atoms with E-state index < -0.39 is 0 Å². The summed E-state index contributed by atoms with van der Waals surface area (Å²) in [5.41, 5.74) is 4.41. The number of fused-ring (bicyclic) bond motifs is 1. The van der Waals surface area contributed by atoms with E-state index in [1.165, 1.54) is 4.70 Å². The molecule has 104 valence electrons. The summed E-state index contributed by atoms with van der Waals surface area (Å²) in [7, 11) is 3.83. The van der Waals surface area contributed by atoms with Crippen LogP contribution in [0.25, 0.3) is 15.8 Å². The first-order valence-corrected chi connectivity index (χ1v) is 7.31. The average Bonchev–Trinajstić information content (AvgIpc) is 2.90. The molecule has 1 heterocycles. The van der Waals surface area contributed by atoms with E-state index in [-0.39, 0.29) is 0 Å². The number of aromatic nitrogens is 1. The van der Waals surface area contributed by atoms with E-state index in [1.807, 2.05) is 27.1 Å². The number of allylic oxidation sites excluding steroid dienone is 5. The number of rotatable bonds is 5. The van der Waals surface area contributed by atoms with Crippen molar-refractivity contribution in [3.05, 3.63) is 48.6 Å². The van der Waals surface area contributed by atoms with E-state index in [2.05, 4.69) is 46.5 Å². The lowest BCUT2D eigenvalue weighted by Crippen LogP contribution is -1.91.